The normalized spacial score (nSPS) is 13.1. The van der Waals surface area contributed by atoms with Gasteiger partial charge in [-0.3, -0.25) is 0 Å². The Bertz CT molecular complexity index is 741. The SMILES string of the molecule is Brc1ccc2c3c1ccc1cccc(c13)C2. The standard InChI is InChI=1S/C15H9Br/c16-13-7-5-11-8-10-3-1-2-9-4-6-12(13)15(11)14(9)10/h1-7H,8H2. The summed E-state index contributed by atoms with van der Waals surface area (Å²) in [5.41, 5.74) is 2.93. The van der Waals surface area contributed by atoms with Gasteiger partial charge < -0.3 is 0 Å². The van der Waals surface area contributed by atoms with Crippen molar-refractivity contribution in [2.45, 2.75) is 6.42 Å². The monoisotopic (exact) mass is 268 g/mol. The number of halogens is 1. The summed E-state index contributed by atoms with van der Waals surface area (Å²) in [4.78, 5) is 0. The number of rotatable bonds is 0. The summed E-state index contributed by atoms with van der Waals surface area (Å²) in [6, 6.07) is 15.5. The van der Waals surface area contributed by atoms with Gasteiger partial charge in [-0.25, -0.2) is 0 Å². The number of benzene rings is 3. The minimum absolute atomic E-state index is 1.08. The van der Waals surface area contributed by atoms with Crippen LogP contribution in [-0.2, 0) is 6.42 Å². The van der Waals surface area contributed by atoms with Gasteiger partial charge in [-0.1, -0.05) is 52.3 Å². The molecule has 0 amide bonds. The molecule has 0 fully saturated rings. The second-order valence-electron chi connectivity index (χ2n) is 4.39. The Kier molecular flexibility index (Phi) is 1.57. The molecule has 3 aromatic rings. The molecular weight excluding hydrogens is 260 g/mol. The van der Waals surface area contributed by atoms with Gasteiger partial charge >= 0.3 is 0 Å². The number of hydrogen-bond donors (Lipinski definition) is 0. The van der Waals surface area contributed by atoms with E-state index in [9.17, 15) is 0 Å². The van der Waals surface area contributed by atoms with Crippen LogP contribution in [-0.4, -0.2) is 0 Å². The lowest BCUT2D eigenvalue weighted by atomic mass is 10.0. The average molecular weight is 269 g/mol. The van der Waals surface area contributed by atoms with Gasteiger partial charge in [0, 0.05) is 4.47 Å². The third-order valence-electron chi connectivity index (χ3n) is 3.52. The smallest absolute Gasteiger partial charge is 0.0254 e. The lowest BCUT2D eigenvalue weighted by Gasteiger charge is -2.04. The van der Waals surface area contributed by atoms with E-state index in [0.29, 0.717) is 0 Å². The summed E-state index contributed by atoms with van der Waals surface area (Å²) in [5, 5.41) is 5.61. The molecule has 76 valence electrons. The Morgan fingerprint density at radius 3 is 2.62 bits per heavy atom. The molecule has 0 atom stereocenters. The van der Waals surface area contributed by atoms with Crippen molar-refractivity contribution in [3.05, 3.63) is 58.1 Å². The molecule has 0 aliphatic heterocycles. The van der Waals surface area contributed by atoms with Crippen molar-refractivity contribution >= 4 is 37.5 Å². The molecule has 0 unspecified atom stereocenters. The molecule has 0 spiro atoms. The van der Waals surface area contributed by atoms with Crippen LogP contribution in [0.2, 0.25) is 0 Å². The summed E-state index contributed by atoms with van der Waals surface area (Å²) in [5.74, 6) is 0. The van der Waals surface area contributed by atoms with Crippen molar-refractivity contribution in [1.29, 1.82) is 0 Å². The molecule has 4 rings (SSSR count). The topological polar surface area (TPSA) is 0 Å². The summed E-state index contributed by atoms with van der Waals surface area (Å²) >= 11 is 3.64. The van der Waals surface area contributed by atoms with Crippen molar-refractivity contribution in [2.75, 3.05) is 0 Å². The molecule has 0 saturated carbocycles. The first-order chi connectivity index (χ1) is 7.84. The Morgan fingerprint density at radius 1 is 0.812 bits per heavy atom. The summed E-state index contributed by atoms with van der Waals surface area (Å²) in [6.07, 6.45) is 1.08. The predicted octanol–water partition coefficient (Wildman–Crippen LogP) is 4.66. The molecule has 0 nitrogen and oxygen atoms in total. The molecule has 1 heteroatoms. The Hall–Kier alpha value is -1.34. The fraction of sp³-hybridized carbons (Fsp3) is 0.0667. The van der Waals surface area contributed by atoms with Crippen LogP contribution < -0.4 is 0 Å². The van der Waals surface area contributed by atoms with E-state index in [1.165, 1.54) is 37.1 Å². The lowest BCUT2D eigenvalue weighted by molar-refractivity contribution is 1.27. The highest BCUT2D eigenvalue weighted by molar-refractivity contribution is 9.10. The molecule has 1 aliphatic rings. The number of hydrogen-bond acceptors (Lipinski definition) is 0. The fourth-order valence-electron chi connectivity index (χ4n) is 2.83. The molecule has 0 heterocycles. The molecule has 0 aromatic heterocycles. The highest BCUT2D eigenvalue weighted by atomic mass is 79.9. The quantitative estimate of drug-likeness (QED) is 0.407. The van der Waals surface area contributed by atoms with Crippen LogP contribution in [0.15, 0.2) is 46.9 Å². The van der Waals surface area contributed by atoms with Crippen molar-refractivity contribution in [2.24, 2.45) is 0 Å². The first-order valence-corrected chi connectivity index (χ1v) is 6.25. The minimum atomic E-state index is 1.08. The summed E-state index contributed by atoms with van der Waals surface area (Å²) in [7, 11) is 0. The van der Waals surface area contributed by atoms with E-state index in [1.807, 2.05) is 0 Å². The van der Waals surface area contributed by atoms with Crippen molar-refractivity contribution in [3.63, 3.8) is 0 Å². The molecule has 0 N–H and O–H groups in total. The summed E-state index contributed by atoms with van der Waals surface area (Å²) in [6.45, 7) is 0. The predicted molar refractivity (Wildman–Crippen MR) is 72.0 cm³/mol. The zero-order chi connectivity index (χ0) is 10.7. The minimum Gasteiger partial charge on any atom is -0.0613 e. The van der Waals surface area contributed by atoms with E-state index in [-0.39, 0.29) is 0 Å². The third kappa shape index (κ3) is 0.946. The second-order valence-corrected chi connectivity index (χ2v) is 5.24. The lowest BCUT2D eigenvalue weighted by Crippen LogP contribution is -1.79. The first kappa shape index (κ1) is 8.77. The van der Waals surface area contributed by atoms with Crippen LogP contribution >= 0.6 is 15.9 Å². The molecule has 3 aromatic carbocycles. The van der Waals surface area contributed by atoms with Crippen molar-refractivity contribution in [1.82, 2.24) is 0 Å². The van der Waals surface area contributed by atoms with Gasteiger partial charge in [-0.15, -0.1) is 0 Å². The van der Waals surface area contributed by atoms with Gasteiger partial charge in [0.25, 0.3) is 0 Å². The fourth-order valence-corrected chi connectivity index (χ4v) is 3.30. The molecule has 0 radical (unpaired) electrons. The van der Waals surface area contributed by atoms with E-state index < -0.39 is 0 Å². The van der Waals surface area contributed by atoms with Gasteiger partial charge in [-0.2, -0.15) is 0 Å². The molecule has 0 saturated heterocycles. The zero-order valence-corrected chi connectivity index (χ0v) is 10.2. The molecule has 16 heavy (non-hydrogen) atoms. The van der Waals surface area contributed by atoms with Gasteiger partial charge in [0.1, 0.15) is 0 Å². The molecular formula is C15H9Br. The maximum absolute atomic E-state index is 3.64. The van der Waals surface area contributed by atoms with Gasteiger partial charge in [-0.05, 0) is 45.2 Å². The largest absolute Gasteiger partial charge is 0.0613 e. The van der Waals surface area contributed by atoms with Crippen molar-refractivity contribution in [3.8, 4) is 0 Å². The maximum atomic E-state index is 3.64. The van der Waals surface area contributed by atoms with Gasteiger partial charge in [0.2, 0.25) is 0 Å². The van der Waals surface area contributed by atoms with Crippen LogP contribution in [0.1, 0.15) is 11.1 Å². The van der Waals surface area contributed by atoms with E-state index in [1.54, 1.807) is 0 Å². The average Bonchev–Trinajstić information content (AvgIpc) is 2.69. The van der Waals surface area contributed by atoms with E-state index >= 15 is 0 Å². The van der Waals surface area contributed by atoms with Crippen LogP contribution in [0.25, 0.3) is 21.5 Å². The Labute approximate surface area is 102 Å². The van der Waals surface area contributed by atoms with E-state index in [4.69, 9.17) is 0 Å². The molecule has 1 aliphatic carbocycles. The van der Waals surface area contributed by atoms with Gasteiger partial charge in [0.05, 0.1) is 0 Å². The van der Waals surface area contributed by atoms with Crippen molar-refractivity contribution < 1.29 is 0 Å². The highest BCUT2D eigenvalue weighted by Gasteiger charge is 2.17. The zero-order valence-electron chi connectivity index (χ0n) is 8.63. The summed E-state index contributed by atoms with van der Waals surface area (Å²) < 4.78 is 1.20. The Balaban J connectivity index is 2.40. The van der Waals surface area contributed by atoms with Crippen LogP contribution in [0.3, 0.4) is 0 Å². The van der Waals surface area contributed by atoms with E-state index in [2.05, 4.69) is 58.4 Å². The Morgan fingerprint density at radius 2 is 1.69 bits per heavy atom. The van der Waals surface area contributed by atoms with Crippen LogP contribution in [0, 0.1) is 0 Å². The van der Waals surface area contributed by atoms with E-state index in [0.717, 1.165) is 6.42 Å². The maximum Gasteiger partial charge on any atom is 0.0254 e. The molecule has 0 bridgehead atoms. The highest BCUT2D eigenvalue weighted by Crippen LogP contribution is 2.40. The first-order valence-electron chi connectivity index (χ1n) is 5.46. The third-order valence-corrected chi connectivity index (χ3v) is 4.21. The van der Waals surface area contributed by atoms with Crippen LogP contribution in [0.4, 0.5) is 0 Å². The van der Waals surface area contributed by atoms with Gasteiger partial charge in [0.15, 0.2) is 0 Å². The van der Waals surface area contributed by atoms with Crippen LogP contribution in [0.5, 0.6) is 0 Å². The second kappa shape index (κ2) is 2.86.